The van der Waals surface area contributed by atoms with Crippen molar-refractivity contribution in [2.24, 2.45) is 5.92 Å². The molecule has 0 aromatic heterocycles. The maximum Gasteiger partial charge on any atom is 0.103 e. The van der Waals surface area contributed by atoms with Crippen LogP contribution in [0.4, 0.5) is 4.39 Å². The molecule has 1 heteroatoms. The normalized spacial score (nSPS) is 21.7. The summed E-state index contributed by atoms with van der Waals surface area (Å²) in [4.78, 5) is 0. The Bertz CT molecular complexity index is 428. The minimum absolute atomic E-state index is 0.0303. The van der Waals surface area contributed by atoms with E-state index in [2.05, 4.69) is 37.3 Å². The van der Waals surface area contributed by atoms with Crippen LogP contribution in [-0.4, -0.2) is 0 Å². The van der Waals surface area contributed by atoms with Crippen LogP contribution in [0.1, 0.15) is 38.2 Å². The van der Waals surface area contributed by atoms with Gasteiger partial charge in [0.15, 0.2) is 0 Å². The number of halogens is 1. The fraction of sp³-hybridized carbons (Fsp3) is 0.375. The number of benzene rings is 1. The summed E-state index contributed by atoms with van der Waals surface area (Å²) < 4.78 is 13.5. The molecule has 2 rings (SSSR count). The average Bonchev–Trinajstić information content (AvgIpc) is 2.35. The molecule has 2 atom stereocenters. The van der Waals surface area contributed by atoms with Crippen molar-refractivity contribution in [2.75, 3.05) is 0 Å². The molecule has 1 aromatic carbocycles. The standard InChI is InChI=1S/C16H19F/c1-12-8-9-14(11-16(12)17)10-13(2)15-6-4-3-5-7-15/h3-7,9,11-13H,8,10H2,1-2H3/t12?,13-/m0/s1. The van der Waals surface area contributed by atoms with Gasteiger partial charge in [-0.05, 0) is 36.0 Å². The molecule has 0 heterocycles. The fourth-order valence-corrected chi connectivity index (χ4v) is 2.21. The minimum Gasteiger partial charge on any atom is -0.212 e. The first-order valence-electron chi connectivity index (χ1n) is 6.28. The lowest BCUT2D eigenvalue weighted by Gasteiger charge is -2.18. The van der Waals surface area contributed by atoms with Crippen LogP contribution in [0.15, 0.2) is 53.9 Å². The summed E-state index contributed by atoms with van der Waals surface area (Å²) in [5.41, 5.74) is 2.46. The molecule has 90 valence electrons. The Balaban J connectivity index is 2.03. The number of hydrogen-bond donors (Lipinski definition) is 0. The Hall–Kier alpha value is -1.37. The zero-order valence-electron chi connectivity index (χ0n) is 10.5. The third-order valence-corrected chi connectivity index (χ3v) is 3.44. The molecule has 1 unspecified atom stereocenters. The first kappa shape index (κ1) is 12.1. The molecule has 0 N–H and O–H groups in total. The summed E-state index contributed by atoms with van der Waals surface area (Å²) in [6.07, 6.45) is 5.64. The van der Waals surface area contributed by atoms with E-state index in [1.165, 1.54) is 5.56 Å². The monoisotopic (exact) mass is 230 g/mol. The quantitative estimate of drug-likeness (QED) is 0.685. The number of hydrogen-bond acceptors (Lipinski definition) is 0. The second kappa shape index (κ2) is 5.31. The van der Waals surface area contributed by atoms with Crippen LogP contribution in [0.2, 0.25) is 0 Å². The van der Waals surface area contributed by atoms with Crippen LogP contribution >= 0.6 is 0 Å². The van der Waals surface area contributed by atoms with Crippen molar-refractivity contribution in [3.63, 3.8) is 0 Å². The van der Waals surface area contributed by atoms with Gasteiger partial charge in [0.05, 0.1) is 0 Å². The third kappa shape index (κ3) is 3.06. The fourth-order valence-electron chi connectivity index (χ4n) is 2.21. The molecule has 1 aliphatic rings. The predicted octanol–water partition coefficient (Wildman–Crippen LogP) is 5.00. The predicted molar refractivity (Wildman–Crippen MR) is 70.5 cm³/mol. The lowest BCUT2D eigenvalue weighted by molar-refractivity contribution is 0.486. The highest BCUT2D eigenvalue weighted by molar-refractivity contribution is 5.30. The molecular formula is C16H19F. The van der Waals surface area contributed by atoms with E-state index in [0.717, 1.165) is 18.4 Å². The van der Waals surface area contributed by atoms with Gasteiger partial charge in [-0.2, -0.15) is 0 Å². The van der Waals surface area contributed by atoms with Crippen LogP contribution in [0.3, 0.4) is 0 Å². The van der Waals surface area contributed by atoms with Gasteiger partial charge in [0, 0.05) is 5.92 Å². The zero-order chi connectivity index (χ0) is 12.3. The molecule has 0 aliphatic heterocycles. The second-order valence-electron chi connectivity index (χ2n) is 4.96. The highest BCUT2D eigenvalue weighted by atomic mass is 19.1. The number of allylic oxidation sites excluding steroid dienone is 4. The molecule has 0 bridgehead atoms. The highest BCUT2D eigenvalue weighted by Crippen LogP contribution is 2.30. The molecule has 0 spiro atoms. The van der Waals surface area contributed by atoms with E-state index < -0.39 is 0 Å². The van der Waals surface area contributed by atoms with E-state index in [0.29, 0.717) is 5.92 Å². The van der Waals surface area contributed by atoms with Crippen molar-refractivity contribution in [3.05, 3.63) is 59.4 Å². The molecule has 1 aliphatic carbocycles. The molecule has 17 heavy (non-hydrogen) atoms. The highest BCUT2D eigenvalue weighted by Gasteiger charge is 2.15. The summed E-state index contributed by atoms with van der Waals surface area (Å²) in [6.45, 7) is 4.12. The van der Waals surface area contributed by atoms with Crippen molar-refractivity contribution < 1.29 is 4.39 Å². The Kier molecular flexibility index (Phi) is 3.78. The summed E-state index contributed by atoms with van der Waals surface area (Å²) >= 11 is 0. The maximum absolute atomic E-state index is 13.5. The van der Waals surface area contributed by atoms with Gasteiger partial charge in [0.25, 0.3) is 0 Å². The Morgan fingerprint density at radius 3 is 2.65 bits per heavy atom. The number of rotatable bonds is 3. The average molecular weight is 230 g/mol. The van der Waals surface area contributed by atoms with Gasteiger partial charge < -0.3 is 0 Å². The van der Waals surface area contributed by atoms with Crippen LogP contribution in [-0.2, 0) is 0 Å². The maximum atomic E-state index is 13.5. The van der Waals surface area contributed by atoms with E-state index in [1.54, 1.807) is 6.08 Å². The lowest BCUT2D eigenvalue weighted by Crippen LogP contribution is -2.02. The van der Waals surface area contributed by atoms with Gasteiger partial charge in [0.1, 0.15) is 5.83 Å². The van der Waals surface area contributed by atoms with Crippen LogP contribution in [0, 0.1) is 5.92 Å². The Labute approximate surface area is 103 Å². The SMILES string of the molecule is CC1CC=C(C[C@H](C)c2ccccc2)C=C1F. The molecule has 0 nitrogen and oxygen atoms in total. The molecule has 0 saturated heterocycles. The van der Waals surface area contributed by atoms with Gasteiger partial charge in [-0.25, -0.2) is 4.39 Å². The summed E-state index contributed by atoms with van der Waals surface area (Å²) in [6, 6.07) is 10.4. The van der Waals surface area contributed by atoms with Crippen LogP contribution in [0.25, 0.3) is 0 Å². The van der Waals surface area contributed by atoms with E-state index in [9.17, 15) is 4.39 Å². The minimum atomic E-state index is 0.0303. The van der Waals surface area contributed by atoms with Crippen molar-refractivity contribution in [1.82, 2.24) is 0 Å². The first-order chi connectivity index (χ1) is 8.16. The van der Waals surface area contributed by atoms with Gasteiger partial charge >= 0.3 is 0 Å². The Morgan fingerprint density at radius 2 is 2.00 bits per heavy atom. The van der Waals surface area contributed by atoms with Crippen LogP contribution in [0.5, 0.6) is 0 Å². The molecule has 0 radical (unpaired) electrons. The van der Waals surface area contributed by atoms with E-state index in [4.69, 9.17) is 0 Å². The molecular weight excluding hydrogens is 211 g/mol. The molecule has 0 fully saturated rings. The largest absolute Gasteiger partial charge is 0.212 e. The molecule has 0 saturated carbocycles. The topological polar surface area (TPSA) is 0 Å². The van der Waals surface area contributed by atoms with Crippen LogP contribution < -0.4 is 0 Å². The molecule has 0 amide bonds. The first-order valence-corrected chi connectivity index (χ1v) is 6.28. The summed E-state index contributed by atoms with van der Waals surface area (Å²) in [7, 11) is 0. The summed E-state index contributed by atoms with van der Waals surface area (Å²) in [5, 5.41) is 0. The van der Waals surface area contributed by atoms with Crippen molar-refractivity contribution in [2.45, 2.75) is 32.6 Å². The summed E-state index contributed by atoms with van der Waals surface area (Å²) in [5.74, 6) is 0.536. The van der Waals surface area contributed by atoms with Crippen molar-refractivity contribution in [3.8, 4) is 0 Å². The van der Waals surface area contributed by atoms with Gasteiger partial charge in [-0.3, -0.25) is 0 Å². The van der Waals surface area contributed by atoms with Gasteiger partial charge in [-0.15, -0.1) is 0 Å². The van der Waals surface area contributed by atoms with E-state index >= 15 is 0 Å². The Morgan fingerprint density at radius 1 is 1.29 bits per heavy atom. The molecule has 1 aromatic rings. The second-order valence-corrected chi connectivity index (χ2v) is 4.96. The third-order valence-electron chi connectivity index (χ3n) is 3.44. The van der Waals surface area contributed by atoms with Crippen molar-refractivity contribution in [1.29, 1.82) is 0 Å². The van der Waals surface area contributed by atoms with E-state index in [1.807, 2.05) is 13.0 Å². The van der Waals surface area contributed by atoms with Gasteiger partial charge in [-0.1, -0.05) is 50.3 Å². The smallest absolute Gasteiger partial charge is 0.103 e. The van der Waals surface area contributed by atoms with Gasteiger partial charge in [0.2, 0.25) is 0 Å². The van der Waals surface area contributed by atoms with Crippen molar-refractivity contribution >= 4 is 0 Å². The zero-order valence-corrected chi connectivity index (χ0v) is 10.5. The lowest BCUT2D eigenvalue weighted by atomic mass is 9.89. The van der Waals surface area contributed by atoms with E-state index in [-0.39, 0.29) is 11.7 Å².